The molecule has 0 bridgehead atoms. The van der Waals surface area contributed by atoms with Gasteiger partial charge in [-0.1, -0.05) is 18.2 Å². The highest BCUT2D eigenvalue weighted by Crippen LogP contribution is 2.35. The Bertz CT molecular complexity index is 672. The van der Waals surface area contributed by atoms with Gasteiger partial charge in [0.2, 0.25) is 0 Å². The zero-order chi connectivity index (χ0) is 15.5. The molecule has 0 atom stereocenters. The zero-order valence-electron chi connectivity index (χ0n) is 13.2. The first-order valence-electron chi connectivity index (χ1n) is 8.20. The monoisotopic (exact) mass is 311 g/mol. The molecule has 4 heteroatoms. The number of benzene rings is 2. The second-order valence-electron chi connectivity index (χ2n) is 5.95. The topological polar surface area (TPSA) is 30.9 Å². The van der Waals surface area contributed by atoms with E-state index < -0.39 is 0 Å². The summed E-state index contributed by atoms with van der Waals surface area (Å²) in [6, 6.07) is 14.3. The molecule has 0 spiro atoms. The lowest BCUT2D eigenvalue weighted by atomic mass is 9.98. The first-order chi connectivity index (χ1) is 11.4. The maximum Gasteiger partial charge on any atom is 0.161 e. The van der Waals surface area contributed by atoms with Crippen molar-refractivity contribution in [3.8, 4) is 17.2 Å². The molecule has 4 rings (SSSR count). The van der Waals surface area contributed by atoms with Crippen LogP contribution in [0.1, 0.15) is 11.1 Å². The average molecular weight is 311 g/mol. The molecule has 0 saturated carbocycles. The molecule has 0 aromatic heterocycles. The van der Waals surface area contributed by atoms with Gasteiger partial charge in [0.15, 0.2) is 11.5 Å². The third-order valence-corrected chi connectivity index (χ3v) is 4.38. The number of para-hydroxylation sites is 1. The van der Waals surface area contributed by atoms with Gasteiger partial charge in [0.05, 0.1) is 0 Å². The van der Waals surface area contributed by atoms with Crippen molar-refractivity contribution in [3.63, 3.8) is 0 Å². The van der Waals surface area contributed by atoms with Gasteiger partial charge in [0.1, 0.15) is 25.6 Å². The van der Waals surface area contributed by atoms with E-state index in [0.29, 0.717) is 19.8 Å². The Hall–Kier alpha value is -2.20. The van der Waals surface area contributed by atoms with E-state index >= 15 is 0 Å². The molecule has 0 saturated heterocycles. The van der Waals surface area contributed by atoms with E-state index in [9.17, 15) is 0 Å². The second-order valence-corrected chi connectivity index (χ2v) is 5.95. The quantitative estimate of drug-likeness (QED) is 0.869. The first kappa shape index (κ1) is 14.4. The highest BCUT2D eigenvalue weighted by Gasteiger charge is 2.21. The van der Waals surface area contributed by atoms with Gasteiger partial charge in [-0.05, 0) is 41.8 Å². The van der Waals surface area contributed by atoms with Crippen molar-refractivity contribution in [2.75, 3.05) is 32.9 Å². The number of rotatable bonds is 4. The van der Waals surface area contributed by atoms with Crippen LogP contribution in [0.15, 0.2) is 42.5 Å². The van der Waals surface area contributed by atoms with Crippen molar-refractivity contribution in [1.29, 1.82) is 0 Å². The van der Waals surface area contributed by atoms with Gasteiger partial charge in [-0.25, -0.2) is 0 Å². The Labute approximate surface area is 136 Å². The SMILES string of the molecule is c1ccc(OCCN2CCc3cc4c(cc3C2)OCCO4)cc1. The maximum absolute atomic E-state index is 5.80. The molecule has 0 aliphatic carbocycles. The van der Waals surface area contributed by atoms with E-state index in [-0.39, 0.29) is 0 Å². The molecule has 120 valence electrons. The van der Waals surface area contributed by atoms with Crippen LogP contribution < -0.4 is 14.2 Å². The van der Waals surface area contributed by atoms with Crippen LogP contribution in [0.3, 0.4) is 0 Å². The van der Waals surface area contributed by atoms with Crippen LogP contribution >= 0.6 is 0 Å². The van der Waals surface area contributed by atoms with Crippen molar-refractivity contribution in [1.82, 2.24) is 4.90 Å². The Kier molecular flexibility index (Phi) is 4.07. The largest absolute Gasteiger partial charge is 0.492 e. The Morgan fingerprint density at radius 2 is 1.70 bits per heavy atom. The summed E-state index contributed by atoms with van der Waals surface area (Å²) in [5.41, 5.74) is 2.73. The van der Waals surface area contributed by atoms with E-state index in [1.54, 1.807) is 0 Å². The minimum absolute atomic E-state index is 0.639. The normalized spacial score (nSPS) is 16.7. The van der Waals surface area contributed by atoms with Gasteiger partial charge in [-0.15, -0.1) is 0 Å². The van der Waals surface area contributed by atoms with Crippen molar-refractivity contribution >= 4 is 0 Å². The fraction of sp³-hybridized carbons (Fsp3) is 0.368. The predicted octanol–water partition coefficient (Wildman–Crippen LogP) is 2.89. The molecule has 2 heterocycles. The van der Waals surface area contributed by atoms with Gasteiger partial charge in [0.25, 0.3) is 0 Å². The number of fused-ring (bicyclic) bond motifs is 2. The van der Waals surface area contributed by atoms with Crippen LogP contribution in [0.5, 0.6) is 17.2 Å². The molecule has 0 fully saturated rings. The predicted molar refractivity (Wildman–Crippen MR) is 88.4 cm³/mol. The summed E-state index contributed by atoms with van der Waals surface area (Å²) in [6.07, 6.45) is 1.05. The summed E-state index contributed by atoms with van der Waals surface area (Å²) < 4.78 is 17.2. The molecular weight excluding hydrogens is 290 g/mol. The van der Waals surface area contributed by atoms with Crippen molar-refractivity contribution < 1.29 is 14.2 Å². The molecular formula is C19H21NO3. The summed E-state index contributed by atoms with van der Waals surface area (Å²) in [7, 11) is 0. The summed E-state index contributed by atoms with van der Waals surface area (Å²) in [5, 5.41) is 0. The van der Waals surface area contributed by atoms with Crippen molar-refractivity contribution in [3.05, 3.63) is 53.6 Å². The zero-order valence-corrected chi connectivity index (χ0v) is 13.2. The standard InChI is InChI=1S/C19H21NO3/c1-2-4-17(5-3-1)21-9-8-20-7-6-15-12-18-19(13-16(15)14-20)23-11-10-22-18/h1-5,12-13H,6-11,14H2. The third-order valence-electron chi connectivity index (χ3n) is 4.38. The van der Waals surface area contributed by atoms with Gasteiger partial charge >= 0.3 is 0 Å². The highest BCUT2D eigenvalue weighted by molar-refractivity contribution is 5.48. The van der Waals surface area contributed by atoms with Crippen molar-refractivity contribution in [2.24, 2.45) is 0 Å². The Balaban J connectivity index is 1.37. The number of hydrogen-bond donors (Lipinski definition) is 0. The van der Waals surface area contributed by atoms with Gasteiger partial charge < -0.3 is 14.2 Å². The molecule has 4 nitrogen and oxygen atoms in total. The number of hydrogen-bond acceptors (Lipinski definition) is 4. The maximum atomic E-state index is 5.80. The molecule has 0 unspecified atom stereocenters. The van der Waals surface area contributed by atoms with Crippen LogP contribution in [-0.4, -0.2) is 37.8 Å². The van der Waals surface area contributed by atoms with Crippen LogP contribution in [0.4, 0.5) is 0 Å². The smallest absolute Gasteiger partial charge is 0.161 e. The summed E-state index contributed by atoms with van der Waals surface area (Å²) in [4.78, 5) is 2.43. The summed E-state index contributed by atoms with van der Waals surface area (Å²) in [6.45, 7) is 4.94. The summed E-state index contributed by atoms with van der Waals surface area (Å²) >= 11 is 0. The third kappa shape index (κ3) is 3.27. The Morgan fingerprint density at radius 1 is 0.957 bits per heavy atom. The lowest BCUT2D eigenvalue weighted by Gasteiger charge is -2.30. The Morgan fingerprint density at radius 3 is 2.48 bits per heavy atom. The van der Waals surface area contributed by atoms with Crippen molar-refractivity contribution in [2.45, 2.75) is 13.0 Å². The molecule has 23 heavy (non-hydrogen) atoms. The average Bonchev–Trinajstić information content (AvgIpc) is 2.61. The summed E-state index contributed by atoms with van der Waals surface area (Å²) in [5.74, 6) is 2.72. The van der Waals surface area contributed by atoms with E-state index in [1.165, 1.54) is 11.1 Å². The molecule has 0 amide bonds. The molecule has 0 radical (unpaired) electrons. The van der Waals surface area contributed by atoms with Crippen LogP contribution in [0.25, 0.3) is 0 Å². The minimum atomic E-state index is 0.639. The lowest BCUT2D eigenvalue weighted by molar-refractivity contribution is 0.168. The fourth-order valence-electron chi connectivity index (χ4n) is 3.15. The van der Waals surface area contributed by atoms with Crippen LogP contribution in [-0.2, 0) is 13.0 Å². The lowest BCUT2D eigenvalue weighted by Crippen LogP contribution is -2.34. The molecule has 2 aromatic rings. The van der Waals surface area contributed by atoms with Gasteiger partial charge in [0, 0.05) is 19.6 Å². The molecule has 2 aliphatic heterocycles. The molecule has 0 N–H and O–H groups in total. The fourth-order valence-corrected chi connectivity index (χ4v) is 3.15. The van der Waals surface area contributed by atoms with E-state index in [0.717, 1.165) is 43.3 Å². The van der Waals surface area contributed by atoms with E-state index in [4.69, 9.17) is 14.2 Å². The number of nitrogens with zero attached hydrogens (tertiary/aromatic N) is 1. The van der Waals surface area contributed by atoms with E-state index in [2.05, 4.69) is 17.0 Å². The first-order valence-corrected chi connectivity index (χ1v) is 8.20. The van der Waals surface area contributed by atoms with Crippen LogP contribution in [0.2, 0.25) is 0 Å². The second kappa shape index (κ2) is 6.50. The highest BCUT2D eigenvalue weighted by atomic mass is 16.6. The van der Waals surface area contributed by atoms with Gasteiger partial charge in [-0.3, -0.25) is 4.90 Å². The number of ether oxygens (including phenoxy) is 3. The van der Waals surface area contributed by atoms with Gasteiger partial charge in [-0.2, -0.15) is 0 Å². The minimum Gasteiger partial charge on any atom is -0.492 e. The molecule has 2 aromatic carbocycles. The molecule has 2 aliphatic rings. The van der Waals surface area contributed by atoms with E-state index in [1.807, 2.05) is 30.3 Å². The van der Waals surface area contributed by atoms with Crippen LogP contribution in [0, 0.1) is 0 Å².